The maximum Gasteiger partial charge on any atom is 0.0694 e. The van der Waals surface area contributed by atoms with E-state index >= 15 is 0 Å². The van der Waals surface area contributed by atoms with Crippen LogP contribution < -0.4 is 5.73 Å². The van der Waals surface area contributed by atoms with Crippen LogP contribution in [0, 0.1) is 0 Å². The number of nitrogens with zero attached hydrogens (tertiary/aromatic N) is 2. The van der Waals surface area contributed by atoms with Gasteiger partial charge in [-0.15, -0.1) is 0 Å². The van der Waals surface area contributed by atoms with Crippen LogP contribution in [-0.2, 0) is 6.67 Å². The molecule has 1 aromatic heterocycles. The van der Waals surface area contributed by atoms with E-state index < -0.39 is 0 Å². The average Bonchev–Trinajstić information content (AvgIpc) is 2.36. The summed E-state index contributed by atoms with van der Waals surface area (Å²) in [5.41, 5.74) is 5.26. The molecule has 1 rings (SSSR count). The lowest BCUT2D eigenvalue weighted by Gasteiger charge is -1.90. The van der Waals surface area contributed by atoms with Gasteiger partial charge >= 0.3 is 0 Å². The van der Waals surface area contributed by atoms with E-state index in [9.17, 15) is 0 Å². The minimum atomic E-state index is 0.576. The lowest BCUT2D eigenvalue weighted by molar-refractivity contribution is 0.505. The normalized spacial score (nSPS) is 9.18. The van der Waals surface area contributed by atoms with Gasteiger partial charge in [-0.05, 0) is 33.3 Å². The maximum absolute atomic E-state index is 5.26. The van der Waals surface area contributed by atoms with Crippen LogP contribution in [0.15, 0.2) is 24.5 Å². The monoisotopic (exact) mass is 155 g/mol. The second-order valence-corrected chi connectivity index (χ2v) is 2.72. The number of nitrogens with two attached hydrogens (primary N) is 1. The first-order valence-corrected chi connectivity index (χ1v) is 3.58. The van der Waals surface area contributed by atoms with Crippen LogP contribution in [0.3, 0.4) is 0 Å². The van der Waals surface area contributed by atoms with Crippen molar-refractivity contribution in [2.75, 3.05) is 21.1 Å². The van der Waals surface area contributed by atoms with Crippen molar-refractivity contribution in [2.45, 2.75) is 6.67 Å². The molecule has 3 heteroatoms. The van der Waals surface area contributed by atoms with Gasteiger partial charge in [-0.2, -0.15) is 0 Å². The summed E-state index contributed by atoms with van der Waals surface area (Å²) >= 11 is 0. The molecule has 0 aliphatic heterocycles. The average molecular weight is 155 g/mol. The van der Waals surface area contributed by atoms with E-state index in [1.54, 1.807) is 0 Å². The standard InChI is InChI=1S/C5H8N2.C3H9N/c6-5-7-3-1-2-4-7;1-4(2)3/h1-4H,5-6H2;1-3H3. The molecule has 0 radical (unpaired) electrons. The van der Waals surface area contributed by atoms with E-state index in [4.69, 9.17) is 5.73 Å². The van der Waals surface area contributed by atoms with E-state index in [1.165, 1.54) is 0 Å². The molecule has 0 saturated carbocycles. The van der Waals surface area contributed by atoms with Gasteiger partial charge in [0.25, 0.3) is 0 Å². The van der Waals surface area contributed by atoms with Crippen molar-refractivity contribution in [1.82, 2.24) is 9.47 Å². The Morgan fingerprint density at radius 2 is 1.55 bits per heavy atom. The lowest BCUT2D eigenvalue weighted by Crippen LogP contribution is -2.02. The summed E-state index contributed by atoms with van der Waals surface area (Å²) in [6, 6.07) is 3.90. The Hall–Kier alpha value is -0.800. The largest absolute Gasteiger partial charge is 0.341 e. The predicted octanol–water partition coefficient (Wildman–Crippen LogP) is 0.582. The third-order valence-corrected chi connectivity index (χ3v) is 0.877. The molecule has 3 nitrogen and oxygen atoms in total. The fourth-order valence-corrected chi connectivity index (χ4v) is 0.492. The summed E-state index contributed by atoms with van der Waals surface area (Å²) in [6.45, 7) is 0.576. The number of aromatic nitrogens is 1. The first kappa shape index (κ1) is 10.2. The Morgan fingerprint density at radius 3 is 1.73 bits per heavy atom. The summed E-state index contributed by atoms with van der Waals surface area (Å²) in [5, 5.41) is 0. The smallest absolute Gasteiger partial charge is 0.0694 e. The fraction of sp³-hybridized carbons (Fsp3) is 0.500. The molecule has 0 atom stereocenters. The first-order valence-electron chi connectivity index (χ1n) is 3.58. The Bertz CT molecular complexity index is 153. The van der Waals surface area contributed by atoms with Gasteiger partial charge in [0.2, 0.25) is 0 Å². The minimum Gasteiger partial charge on any atom is -0.341 e. The summed E-state index contributed by atoms with van der Waals surface area (Å²) in [5.74, 6) is 0. The molecule has 64 valence electrons. The lowest BCUT2D eigenvalue weighted by atomic mass is 10.7. The van der Waals surface area contributed by atoms with Gasteiger partial charge < -0.3 is 15.2 Å². The van der Waals surface area contributed by atoms with Crippen LogP contribution in [0.1, 0.15) is 0 Å². The highest BCUT2D eigenvalue weighted by Gasteiger charge is 1.75. The summed E-state index contributed by atoms with van der Waals surface area (Å²) in [7, 11) is 6.00. The summed E-state index contributed by atoms with van der Waals surface area (Å²) in [6.07, 6.45) is 3.86. The molecular formula is C8H17N3. The maximum atomic E-state index is 5.26. The molecule has 0 aliphatic rings. The number of hydrogen-bond donors (Lipinski definition) is 1. The van der Waals surface area contributed by atoms with Gasteiger partial charge in [0.15, 0.2) is 0 Å². The second-order valence-electron chi connectivity index (χ2n) is 2.72. The molecule has 1 heterocycles. The van der Waals surface area contributed by atoms with Gasteiger partial charge in [-0.1, -0.05) is 0 Å². The molecule has 0 fully saturated rings. The highest BCUT2D eigenvalue weighted by Crippen LogP contribution is 1.83. The molecular weight excluding hydrogens is 138 g/mol. The molecule has 0 saturated heterocycles. The highest BCUT2D eigenvalue weighted by molar-refractivity contribution is 4.89. The zero-order valence-electron chi connectivity index (χ0n) is 7.49. The zero-order valence-corrected chi connectivity index (χ0v) is 7.49. The van der Waals surface area contributed by atoms with E-state index in [-0.39, 0.29) is 0 Å². The van der Waals surface area contributed by atoms with Crippen LogP contribution in [0.2, 0.25) is 0 Å². The van der Waals surface area contributed by atoms with E-state index in [0.29, 0.717) is 6.67 Å². The van der Waals surface area contributed by atoms with Crippen molar-refractivity contribution in [3.05, 3.63) is 24.5 Å². The Balaban J connectivity index is 0.000000218. The fourth-order valence-electron chi connectivity index (χ4n) is 0.492. The van der Waals surface area contributed by atoms with Crippen LogP contribution in [0.4, 0.5) is 0 Å². The SMILES string of the molecule is CN(C)C.NCn1cccc1. The van der Waals surface area contributed by atoms with Gasteiger partial charge in [0, 0.05) is 12.4 Å². The van der Waals surface area contributed by atoms with Crippen LogP contribution in [0.25, 0.3) is 0 Å². The summed E-state index contributed by atoms with van der Waals surface area (Å²) < 4.78 is 1.90. The summed E-state index contributed by atoms with van der Waals surface area (Å²) in [4.78, 5) is 2.00. The third-order valence-electron chi connectivity index (χ3n) is 0.877. The molecule has 0 amide bonds. The molecule has 11 heavy (non-hydrogen) atoms. The minimum absolute atomic E-state index is 0.576. The first-order chi connectivity index (χ1) is 5.16. The Kier molecular flexibility index (Phi) is 5.51. The van der Waals surface area contributed by atoms with Gasteiger partial charge in [-0.25, -0.2) is 0 Å². The van der Waals surface area contributed by atoms with Crippen LogP contribution in [-0.4, -0.2) is 30.6 Å². The van der Waals surface area contributed by atoms with Gasteiger partial charge in [-0.3, -0.25) is 0 Å². The quantitative estimate of drug-likeness (QED) is 0.644. The van der Waals surface area contributed by atoms with Crippen molar-refractivity contribution in [2.24, 2.45) is 5.73 Å². The number of hydrogen-bond acceptors (Lipinski definition) is 2. The van der Waals surface area contributed by atoms with E-state index in [0.717, 1.165) is 0 Å². The van der Waals surface area contributed by atoms with Crippen LogP contribution in [0.5, 0.6) is 0 Å². The zero-order chi connectivity index (χ0) is 8.69. The molecule has 2 N–H and O–H groups in total. The molecule has 0 unspecified atom stereocenters. The molecule has 1 aromatic rings. The van der Waals surface area contributed by atoms with Gasteiger partial charge in [0.05, 0.1) is 6.67 Å². The predicted molar refractivity (Wildman–Crippen MR) is 48.2 cm³/mol. The molecule has 0 bridgehead atoms. The Labute approximate surface area is 68.4 Å². The van der Waals surface area contributed by atoms with Crippen molar-refractivity contribution in [3.8, 4) is 0 Å². The van der Waals surface area contributed by atoms with Crippen molar-refractivity contribution in [3.63, 3.8) is 0 Å². The van der Waals surface area contributed by atoms with E-state index in [1.807, 2.05) is 55.1 Å². The number of rotatable bonds is 1. The second kappa shape index (κ2) is 5.95. The van der Waals surface area contributed by atoms with E-state index in [2.05, 4.69) is 0 Å². The van der Waals surface area contributed by atoms with Crippen molar-refractivity contribution in [1.29, 1.82) is 0 Å². The third kappa shape index (κ3) is 7.09. The molecule has 0 aromatic carbocycles. The van der Waals surface area contributed by atoms with Crippen molar-refractivity contribution < 1.29 is 0 Å². The topological polar surface area (TPSA) is 34.2 Å². The van der Waals surface area contributed by atoms with Gasteiger partial charge in [0.1, 0.15) is 0 Å². The molecule has 0 aliphatic carbocycles. The molecule has 0 spiro atoms. The van der Waals surface area contributed by atoms with Crippen LogP contribution >= 0.6 is 0 Å². The Morgan fingerprint density at radius 1 is 1.18 bits per heavy atom. The highest BCUT2D eigenvalue weighted by atomic mass is 15.0. The van der Waals surface area contributed by atoms with Crippen molar-refractivity contribution >= 4 is 0 Å².